The Labute approximate surface area is 114 Å². The Bertz CT molecular complexity index is 472. The minimum Gasteiger partial charge on any atom is -0.396 e. The van der Waals surface area contributed by atoms with Crippen molar-refractivity contribution >= 4 is 27.5 Å². The molecular weight excluding hydrogens is 303 g/mol. The minimum absolute atomic E-state index is 0.0850. The normalized spacial score (nSPS) is 11.4. The Morgan fingerprint density at radius 1 is 1.56 bits per heavy atom. The van der Waals surface area contributed by atoms with Crippen molar-refractivity contribution in [3.05, 3.63) is 28.0 Å². The molecule has 1 aromatic carbocycles. The van der Waals surface area contributed by atoms with Crippen LogP contribution < -0.4 is 5.73 Å². The third-order valence-corrected chi connectivity index (χ3v) is 2.94. The van der Waals surface area contributed by atoms with Crippen LogP contribution in [0.3, 0.4) is 0 Å². The van der Waals surface area contributed by atoms with E-state index in [0.717, 1.165) is 6.07 Å². The number of hydrogen-bond acceptors (Lipinski definition) is 3. The summed E-state index contributed by atoms with van der Waals surface area (Å²) >= 11 is 3.12. The van der Waals surface area contributed by atoms with Crippen molar-refractivity contribution in [3.8, 4) is 0 Å². The quantitative estimate of drug-likeness (QED) is 0.838. The first-order valence-electron chi connectivity index (χ1n) is 5.34. The molecule has 0 aromatic heterocycles. The van der Waals surface area contributed by atoms with Gasteiger partial charge in [0.25, 0.3) is 5.91 Å². The van der Waals surface area contributed by atoms with Gasteiger partial charge < -0.3 is 15.7 Å². The molecule has 0 radical (unpaired) electrons. The predicted octanol–water partition coefficient (Wildman–Crippen LogP) is 2.01. The van der Waals surface area contributed by atoms with E-state index >= 15 is 0 Å². The standard InChI is InChI=1S/C12H16BrFN2O2/c1-12(2,18)6-16(3)11(17)7-4-10(15)9(14)5-8(7)13/h4-5,18H,6,15H2,1-3H3. The molecule has 1 amide bonds. The van der Waals surface area contributed by atoms with E-state index in [0.29, 0.717) is 4.47 Å². The number of carbonyl (C=O) groups excluding carboxylic acids is 1. The van der Waals surface area contributed by atoms with E-state index in [2.05, 4.69) is 15.9 Å². The Balaban J connectivity index is 3.01. The molecule has 6 heteroatoms. The van der Waals surface area contributed by atoms with Crippen molar-refractivity contribution in [2.24, 2.45) is 0 Å². The molecule has 18 heavy (non-hydrogen) atoms. The molecular formula is C12H16BrFN2O2. The van der Waals surface area contributed by atoms with Crippen molar-refractivity contribution in [1.82, 2.24) is 4.90 Å². The average Bonchev–Trinajstić information content (AvgIpc) is 2.20. The van der Waals surface area contributed by atoms with Gasteiger partial charge in [0, 0.05) is 18.1 Å². The van der Waals surface area contributed by atoms with Gasteiger partial charge in [-0.3, -0.25) is 4.79 Å². The van der Waals surface area contributed by atoms with Crippen LogP contribution in [-0.4, -0.2) is 35.1 Å². The number of rotatable bonds is 3. The van der Waals surface area contributed by atoms with Crippen LogP contribution in [0.2, 0.25) is 0 Å². The van der Waals surface area contributed by atoms with Crippen molar-refractivity contribution < 1.29 is 14.3 Å². The number of aliphatic hydroxyl groups is 1. The monoisotopic (exact) mass is 318 g/mol. The van der Waals surface area contributed by atoms with Gasteiger partial charge >= 0.3 is 0 Å². The van der Waals surface area contributed by atoms with Gasteiger partial charge in [0.15, 0.2) is 0 Å². The summed E-state index contributed by atoms with van der Waals surface area (Å²) in [6, 6.07) is 2.43. The molecule has 0 aliphatic rings. The summed E-state index contributed by atoms with van der Waals surface area (Å²) in [5, 5.41) is 9.66. The minimum atomic E-state index is -0.998. The number of benzene rings is 1. The van der Waals surface area contributed by atoms with E-state index in [4.69, 9.17) is 5.73 Å². The fourth-order valence-corrected chi connectivity index (χ4v) is 2.07. The van der Waals surface area contributed by atoms with Crippen molar-refractivity contribution in [2.75, 3.05) is 19.3 Å². The second-order valence-corrected chi connectivity index (χ2v) is 5.68. The summed E-state index contributed by atoms with van der Waals surface area (Å²) in [6.45, 7) is 3.37. The van der Waals surface area contributed by atoms with Crippen LogP contribution in [0, 0.1) is 5.82 Å². The maximum absolute atomic E-state index is 13.2. The highest BCUT2D eigenvalue weighted by Gasteiger charge is 2.22. The maximum atomic E-state index is 13.2. The number of nitrogens with two attached hydrogens (primary N) is 1. The van der Waals surface area contributed by atoms with E-state index in [9.17, 15) is 14.3 Å². The molecule has 0 aliphatic carbocycles. The van der Waals surface area contributed by atoms with Gasteiger partial charge in [-0.15, -0.1) is 0 Å². The number of likely N-dealkylation sites (N-methyl/N-ethyl adjacent to an activating group) is 1. The smallest absolute Gasteiger partial charge is 0.254 e. The highest BCUT2D eigenvalue weighted by atomic mass is 79.9. The second-order valence-electron chi connectivity index (χ2n) is 4.83. The summed E-state index contributed by atoms with van der Waals surface area (Å²) in [5.74, 6) is -0.917. The van der Waals surface area contributed by atoms with Gasteiger partial charge in [-0.05, 0) is 41.9 Å². The van der Waals surface area contributed by atoms with Crippen molar-refractivity contribution in [1.29, 1.82) is 0 Å². The first kappa shape index (κ1) is 14.9. The van der Waals surface area contributed by atoms with Gasteiger partial charge in [0.05, 0.1) is 16.9 Å². The summed E-state index contributed by atoms with van der Waals surface area (Å²) in [7, 11) is 1.56. The van der Waals surface area contributed by atoms with Crippen LogP contribution in [0.1, 0.15) is 24.2 Å². The summed E-state index contributed by atoms with van der Waals surface area (Å²) in [6.07, 6.45) is 0. The Hall–Kier alpha value is -1.14. The number of hydrogen-bond donors (Lipinski definition) is 2. The summed E-state index contributed by atoms with van der Waals surface area (Å²) in [4.78, 5) is 13.5. The molecule has 0 bridgehead atoms. The van der Waals surface area contributed by atoms with Gasteiger partial charge in [0.2, 0.25) is 0 Å². The molecule has 1 rings (SSSR count). The number of nitrogen functional groups attached to an aromatic ring is 1. The lowest BCUT2D eigenvalue weighted by Crippen LogP contribution is -2.39. The number of halogens is 2. The lowest BCUT2D eigenvalue weighted by Gasteiger charge is -2.26. The molecule has 0 atom stereocenters. The second kappa shape index (κ2) is 5.24. The van der Waals surface area contributed by atoms with Crippen LogP contribution in [0.4, 0.5) is 10.1 Å². The van der Waals surface area contributed by atoms with E-state index in [1.165, 1.54) is 11.0 Å². The molecule has 1 aromatic rings. The maximum Gasteiger partial charge on any atom is 0.254 e. The Kier molecular flexibility index (Phi) is 4.34. The highest BCUT2D eigenvalue weighted by Crippen LogP contribution is 2.24. The molecule has 0 spiro atoms. The molecule has 0 saturated heterocycles. The third-order valence-electron chi connectivity index (χ3n) is 2.29. The van der Waals surface area contributed by atoms with E-state index in [1.807, 2.05) is 0 Å². The SMILES string of the molecule is CN(CC(C)(C)O)C(=O)c1cc(N)c(F)cc1Br. The Morgan fingerprint density at radius 2 is 2.11 bits per heavy atom. The van der Waals surface area contributed by atoms with Crippen molar-refractivity contribution in [2.45, 2.75) is 19.4 Å². The van der Waals surface area contributed by atoms with Gasteiger partial charge in [-0.1, -0.05) is 0 Å². The molecule has 0 aliphatic heterocycles. The first-order valence-corrected chi connectivity index (χ1v) is 6.13. The fraction of sp³-hybridized carbons (Fsp3) is 0.417. The van der Waals surface area contributed by atoms with E-state index < -0.39 is 11.4 Å². The summed E-state index contributed by atoms with van der Waals surface area (Å²) in [5.41, 5.74) is 4.62. The zero-order chi connectivity index (χ0) is 14.1. The lowest BCUT2D eigenvalue weighted by atomic mass is 10.1. The zero-order valence-electron chi connectivity index (χ0n) is 10.5. The van der Waals surface area contributed by atoms with Gasteiger partial charge in [0.1, 0.15) is 5.82 Å². The van der Waals surface area contributed by atoms with Crippen molar-refractivity contribution in [3.63, 3.8) is 0 Å². The first-order chi connectivity index (χ1) is 8.11. The molecule has 100 valence electrons. The van der Waals surface area contributed by atoms with Crippen LogP contribution in [0.15, 0.2) is 16.6 Å². The van der Waals surface area contributed by atoms with Crippen LogP contribution in [0.25, 0.3) is 0 Å². The zero-order valence-corrected chi connectivity index (χ0v) is 12.1. The largest absolute Gasteiger partial charge is 0.396 e. The molecule has 4 nitrogen and oxygen atoms in total. The molecule has 0 unspecified atom stereocenters. The third kappa shape index (κ3) is 3.68. The van der Waals surface area contributed by atoms with Crippen LogP contribution in [-0.2, 0) is 0 Å². The number of amides is 1. The fourth-order valence-electron chi connectivity index (χ4n) is 1.59. The van der Waals surface area contributed by atoms with Gasteiger partial charge in [-0.2, -0.15) is 0 Å². The summed E-state index contributed by atoms with van der Waals surface area (Å²) < 4.78 is 13.5. The number of nitrogens with zero attached hydrogens (tertiary/aromatic N) is 1. The molecule has 0 saturated carbocycles. The molecule has 3 N–H and O–H groups in total. The predicted molar refractivity (Wildman–Crippen MR) is 71.8 cm³/mol. The van der Waals surface area contributed by atoms with Gasteiger partial charge in [-0.25, -0.2) is 4.39 Å². The highest BCUT2D eigenvalue weighted by molar-refractivity contribution is 9.10. The Morgan fingerprint density at radius 3 is 2.61 bits per heavy atom. The number of anilines is 1. The van der Waals surface area contributed by atoms with Crippen LogP contribution >= 0.6 is 15.9 Å². The topological polar surface area (TPSA) is 66.6 Å². The average molecular weight is 319 g/mol. The lowest BCUT2D eigenvalue weighted by molar-refractivity contribution is 0.0367. The number of carbonyl (C=O) groups is 1. The van der Waals surface area contributed by atoms with Crippen LogP contribution in [0.5, 0.6) is 0 Å². The van der Waals surface area contributed by atoms with E-state index in [-0.39, 0.29) is 23.7 Å². The molecule has 0 fully saturated rings. The molecule has 0 heterocycles. The van der Waals surface area contributed by atoms with E-state index in [1.54, 1.807) is 20.9 Å².